The zero-order valence-corrected chi connectivity index (χ0v) is 16.6. The number of ether oxygens (including phenoxy) is 1. The number of hydrogen-bond acceptors (Lipinski definition) is 6. The molecule has 1 heterocycles. The van der Waals surface area contributed by atoms with Gasteiger partial charge in [0.05, 0.1) is 4.92 Å². The number of esters is 1. The number of carbonyl (C=O) groups is 2. The minimum absolute atomic E-state index is 0.0345. The monoisotopic (exact) mass is 416 g/mol. The van der Waals surface area contributed by atoms with Gasteiger partial charge in [0.2, 0.25) is 5.76 Å². The highest BCUT2D eigenvalue weighted by molar-refractivity contribution is 6.31. The predicted octanol–water partition coefficient (Wildman–Crippen LogP) is 4.72. The van der Waals surface area contributed by atoms with Crippen LogP contribution in [0.5, 0.6) is 0 Å². The van der Waals surface area contributed by atoms with Crippen LogP contribution in [0.15, 0.2) is 34.7 Å². The molecule has 0 spiro atoms. The molecule has 8 nitrogen and oxygen atoms in total. The van der Waals surface area contributed by atoms with Gasteiger partial charge in [-0.25, -0.2) is 4.79 Å². The van der Waals surface area contributed by atoms with E-state index in [4.69, 9.17) is 20.8 Å². The molecule has 0 radical (unpaired) electrons. The summed E-state index contributed by atoms with van der Waals surface area (Å²) in [6.45, 7) is 4.48. The van der Waals surface area contributed by atoms with Crippen molar-refractivity contribution in [3.63, 3.8) is 0 Å². The van der Waals surface area contributed by atoms with E-state index in [1.165, 1.54) is 6.07 Å². The zero-order valence-electron chi connectivity index (χ0n) is 15.9. The Morgan fingerprint density at radius 2 is 1.90 bits per heavy atom. The lowest BCUT2D eigenvalue weighted by molar-refractivity contribution is -0.384. The molecule has 1 aromatic heterocycles. The van der Waals surface area contributed by atoms with Gasteiger partial charge in [-0.15, -0.1) is 0 Å². The number of nitrogens with zero attached hydrogens (tertiary/aromatic N) is 1. The third-order valence-electron chi connectivity index (χ3n) is 4.59. The Kier molecular flexibility index (Phi) is 5.56. The molecule has 0 fully saturated rings. The number of hydrogen-bond donors (Lipinski definition) is 1. The molecule has 0 aliphatic carbocycles. The summed E-state index contributed by atoms with van der Waals surface area (Å²) < 4.78 is 10.5. The van der Waals surface area contributed by atoms with Crippen LogP contribution >= 0.6 is 11.6 Å². The summed E-state index contributed by atoms with van der Waals surface area (Å²) in [5.41, 5.74) is 2.18. The van der Waals surface area contributed by atoms with Crippen molar-refractivity contribution in [1.82, 2.24) is 0 Å². The number of fused-ring (bicyclic) bond motifs is 1. The molecule has 0 saturated carbocycles. The quantitative estimate of drug-likeness (QED) is 0.366. The van der Waals surface area contributed by atoms with Crippen LogP contribution in [0.4, 0.5) is 11.4 Å². The van der Waals surface area contributed by atoms with E-state index < -0.39 is 23.4 Å². The van der Waals surface area contributed by atoms with Crippen molar-refractivity contribution in [3.8, 4) is 0 Å². The topological polar surface area (TPSA) is 112 Å². The van der Waals surface area contributed by atoms with Crippen molar-refractivity contribution >= 4 is 45.8 Å². The van der Waals surface area contributed by atoms with Crippen molar-refractivity contribution in [3.05, 3.63) is 67.9 Å². The first-order chi connectivity index (χ1) is 13.7. The van der Waals surface area contributed by atoms with Crippen molar-refractivity contribution in [2.75, 3.05) is 11.9 Å². The second-order valence-electron chi connectivity index (χ2n) is 6.48. The van der Waals surface area contributed by atoms with Gasteiger partial charge in [-0.05, 0) is 50.1 Å². The summed E-state index contributed by atoms with van der Waals surface area (Å²) in [6.07, 6.45) is 0. The predicted molar refractivity (Wildman–Crippen MR) is 107 cm³/mol. The van der Waals surface area contributed by atoms with Gasteiger partial charge in [-0.3, -0.25) is 14.9 Å². The molecule has 2 aromatic carbocycles. The second kappa shape index (κ2) is 7.92. The molecule has 0 unspecified atom stereocenters. The maximum atomic E-state index is 12.3. The lowest BCUT2D eigenvalue weighted by atomic mass is 10.1. The standard InChI is InChI=1S/C20H17ClN2O6/c1-10-4-6-15(23(26)27)18(11(10)2)22-17(24)9-28-20(25)19-12(3)14-8-13(21)5-7-16(14)29-19/h4-8H,9H2,1-3H3,(H,22,24). The van der Waals surface area contributed by atoms with E-state index in [9.17, 15) is 19.7 Å². The Labute approximate surface area is 170 Å². The summed E-state index contributed by atoms with van der Waals surface area (Å²) in [7, 11) is 0. The molecule has 150 valence electrons. The van der Waals surface area contributed by atoms with Crippen LogP contribution < -0.4 is 5.32 Å². The van der Waals surface area contributed by atoms with Crippen molar-refractivity contribution in [2.45, 2.75) is 20.8 Å². The number of amides is 1. The van der Waals surface area contributed by atoms with Gasteiger partial charge in [0, 0.05) is 22.0 Å². The Morgan fingerprint density at radius 3 is 2.59 bits per heavy atom. The lowest BCUT2D eigenvalue weighted by Crippen LogP contribution is -2.22. The van der Waals surface area contributed by atoms with Crippen molar-refractivity contribution in [1.29, 1.82) is 0 Å². The Hall–Kier alpha value is -3.39. The highest BCUT2D eigenvalue weighted by Gasteiger charge is 2.22. The fourth-order valence-electron chi connectivity index (χ4n) is 2.87. The fraction of sp³-hybridized carbons (Fsp3) is 0.200. The number of nitro benzene ring substituents is 1. The Balaban J connectivity index is 1.74. The molecule has 0 aliphatic rings. The number of anilines is 1. The van der Waals surface area contributed by atoms with Crippen LogP contribution in [-0.4, -0.2) is 23.4 Å². The molecule has 0 saturated heterocycles. The summed E-state index contributed by atoms with van der Waals surface area (Å²) in [5, 5.41) is 14.8. The van der Waals surface area contributed by atoms with Crippen molar-refractivity contribution in [2.24, 2.45) is 0 Å². The highest BCUT2D eigenvalue weighted by Crippen LogP contribution is 2.30. The van der Waals surface area contributed by atoms with E-state index in [1.807, 2.05) is 0 Å². The van der Waals surface area contributed by atoms with E-state index in [2.05, 4.69) is 5.32 Å². The van der Waals surface area contributed by atoms with E-state index in [1.54, 1.807) is 45.0 Å². The van der Waals surface area contributed by atoms with Gasteiger partial charge in [-0.2, -0.15) is 0 Å². The van der Waals surface area contributed by atoms with Crippen LogP contribution in [0.25, 0.3) is 11.0 Å². The molecule has 1 N–H and O–H groups in total. The SMILES string of the molecule is Cc1ccc([N+](=O)[O-])c(NC(=O)COC(=O)c2oc3ccc(Cl)cc3c2C)c1C. The second-order valence-corrected chi connectivity index (χ2v) is 6.92. The largest absolute Gasteiger partial charge is 0.450 e. The van der Waals surface area contributed by atoms with Gasteiger partial charge < -0.3 is 14.5 Å². The number of halogens is 1. The van der Waals surface area contributed by atoms with Crippen LogP contribution in [0, 0.1) is 30.9 Å². The molecular formula is C20H17ClN2O6. The van der Waals surface area contributed by atoms with Crippen LogP contribution in [0.2, 0.25) is 5.02 Å². The number of carbonyl (C=O) groups excluding carboxylic acids is 2. The number of nitrogens with one attached hydrogen (secondary N) is 1. The highest BCUT2D eigenvalue weighted by atomic mass is 35.5. The maximum absolute atomic E-state index is 12.3. The molecule has 1 amide bonds. The molecule has 29 heavy (non-hydrogen) atoms. The third kappa shape index (κ3) is 4.07. The van der Waals surface area contributed by atoms with E-state index in [-0.39, 0.29) is 17.1 Å². The lowest BCUT2D eigenvalue weighted by Gasteiger charge is -2.11. The average Bonchev–Trinajstić information content (AvgIpc) is 2.99. The summed E-state index contributed by atoms with van der Waals surface area (Å²) in [5.74, 6) is -1.56. The molecule has 0 atom stereocenters. The first kappa shape index (κ1) is 20.3. The minimum atomic E-state index is -0.819. The normalized spacial score (nSPS) is 10.8. The van der Waals surface area contributed by atoms with Gasteiger partial charge in [0.15, 0.2) is 6.61 Å². The number of nitro groups is 1. The molecular weight excluding hydrogens is 400 g/mol. The number of aryl methyl sites for hydroxylation is 2. The van der Waals surface area contributed by atoms with Crippen LogP contribution in [0.3, 0.4) is 0 Å². The molecule has 9 heteroatoms. The summed E-state index contributed by atoms with van der Waals surface area (Å²) >= 11 is 5.96. The van der Waals surface area contributed by atoms with Crippen LogP contribution in [-0.2, 0) is 9.53 Å². The average molecular weight is 417 g/mol. The van der Waals surface area contributed by atoms with Gasteiger partial charge in [-0.1, -0.05) is 17.7 Å². The fourth-order valence-corrected chi connectivity index (χ4v) is 3.04. The zero-order chi connectivity index (χ0) is 21.3. The van der Waals surface area contributed by atoms with Crippen molar-refractivity contribution < 1.29 is 23.7 Å². The maximum Gasteiger partial charge on any atom is 0.375 e. The summed E-state index contributed by atoms with van der Waals surface area (Å²) in [4.78, 5) is 35.2. The number of rotatable bonds is 5. The molecule has 0 bridgehead atoms. The third-order valence-corrected chi connectivity index (χ3v) is 4.83. The first-order valence-electron chi connectivity index (χ1n) is 8.59. The first-order valence-corrected chi connectivity index (χ1v) is 8.97. The van der Waals surface area contributed by atoms with E-state index in [0.29, 0.717) is 27.1 Å². The Morgan fingerprint density at radius 1 is 1.17 bits per heavy atom. The van der Waals surface area contributed by atoms with E-state index >= 15 is 0 Å². The van der Waals surface area contributed by atoms with Gasteiger partial charge >= 0.3 is 5.97 Å². The minimum Gasteiger partial charge on any atom is -0.450 e. The van der Waals surface area contributed by atoms with Gasteiger partial charge in [0.1, 0.15) is 11.3 Å². The molecule has 0 aliphatic heterocycles. The Bertz CT molecular complexity index is 1150. The summed E-state index contributed by atoms with van der Waals surface area (Å²) in [6, 6.07) is 7.84. The van der Waals surface area contributed by atoms with E-state index in [0.717, 1.165) is 5.56 Å². The number of furan rings is 1. The number of benzene rings is 2. The molecule has 3 rings (SSSR count). The molecule has 3 aromatic rings. The smallest absolute Gasteiger partial charge is 0.375 e. The van der Waals surface area contributed by atoms with Gasteiger partial charge in [0.25, 0.3) is 11.6 Å². The van der Waals surface area contributed by atoms with Crippen LogP contribution in [0.1, 0.15) is 27.2 Å².